The fourth-order valence-electron chi connectivity index (χ4n) is 1.37. The number of hydrogen-bond donors (Lipinski definition) is 0. The Morgan fingerprint density at radius 2 is 2.08 bits per heavy atom. The highest BCUT2D eigenvalue weighted by molar-refractivity contribution is 5.73. The van der Waals surface area contributed by atoms with Crippen molar-refractivity contribution in [3.8, 4) is 0 Å². The maximum absolute atomic E-state index is 11.5. The summed E-state index contributed by atoms with van der Waals surface area (Å²) >= 11 is 0. The lowest BCUT2D eigenvalue weighted by Gasteiger charge is -2.21. The van der Waals surface area contributed by atoms with E-state index in [1.807, 2.05) is 27.7 Å². The lowest BCUT2D eigenvalue weighted by Crippen LogP contribution is -2.29. The van der Waals surface area contributed by atoms with Gasteiger partial charge in [0.1, 0.15) is 5.60 Å². The Labute approximate surface area is 79.4 Å². The number of carbonyl (C=O) groups is 1. The van der Waals surface area contributed by atoms with Crippen molar-refractivity contribution < 1.29 is 14.3 Å². The first-order valence-corrected chi connectivity index (χ1v) is 4.73. The predicted molar refractivity (Wildman–Crippen MR) is 49.4 cm³/mol. The minimum absolute atomic E-state index is 0.0609. The van der Waals surface area contributed by atoms with E-state index in [0.717, 1.165) is 6.42 Å². The van der Waals surface area contributed by atoms with Crippen LogP contribution in [0.15, 0.2) is 0 Å². The largest absolute Gasteiger partial charge is 0.460 e. The monoisotopic (exact) mass is 186 g/mol. The Balaban J connectivity index is 2.41. The van der Waals surface area contributed by atoms with E-state index >= 15 is 0 Å². The van der Waals surface area contributed by atoms with Crippen LogP contribution in [0.1, 0.15) is 34.1 Å². The average molecular weight is 186 g/mol. The molecule has 3 heteroatoms. The van der Waals surface area contributed by atoms with Gasteiger partial charge in [-0.2, -0.15) is 0 Å². The topological polar surface area (TPSA) is 35.5 Å². The number of rotatable bonds is 1. The van der Waals surface area contributed by atoms with E-state index in [1.165, 1.54) is 0 Å². The summed E-state index contributed by atoms with van der Waals surface area (Å²) in [6.45, 7) is 8.12. The van der Waals surface area contributed by atoms with Crippen LogP contribution in [-0.2, 0) is 14.3 Å². The maximum atomic E-state index is 11.5. The van der Waals surface area contributed by atoms with Crippen LogP contribution in [0.4, 0.5) is 0 Å². The van der Waals surface area contributed by atoms with Crippen molar-refractivity contribution in [1.82, 2.24) is 0 Å². The molecule has 1 aliphatic rings. The van der Waals surface area contributed by atoms with Crippen LogP contribution in [0.5, 0.6) is 0 Å². The van der Waals surface area contributed by atoms with Gasteiger partial charge in [0.15, 0.2) is 0 Å². The first kappa shape index (κ1) is 10.5. The van der Waals surface area contributed by atoms with E-state index in [1.54, 1.807) is 0 Å². The maximum Gasteiger partial charge on any atom is 0.311 e. The Bertz CT molecular complexity index is 193. The van der Waals surface area contributed by atoms with Crippen molar-refractivity contribution in [3.05, 3.63) is 0 Å². The second kappa shape index (κ2) is 3.66. The van der Waals surface area contributed by atoms with Crippen molar-refractivity contribution in [2.24, 2.45) is 5.92 Å². The van der Waals surface area contributed by atoms with Gasteiger partial charge in [0.25, 0.3) is 0 Å². The summed E-state index contributed by atoms with van der Waals surface area (Å²) in [6.07, 6.45) is 0.979. The van der Waals surface area contributed by atoms with Crippen LogP contribution in [0.3, 0.4) is 0 Å². The molecule has 2 atom stereocenters. The molecule has 2 unspecified atom stereocenters. The van der Waals surface area contributed by atoms with Crippen LogP contribution >= 0.6 is 0 Å². The summed E-state index contributed by atoms with van der Waals surface area (Å²) in [5.41, 5.74) is -0.386. The third kappa shape index (κ3) is 3.35. The third-order valence-electron chi connectivity index (χ3n) is 1.94. The van der Waals surface area contributed by atoms with E-state index in [9.17, 15) is 4.79 Å². The smallest absolute Gasteiger partial charge is 0.311 e. The first-order valence-electron chi connectivity index (χ1n) is 4.73. The Kier molecular flexibility index (Phi) is 2.96. The third-order valence-corrected chi connectivity index (χ3v) is 1.94. The van der Waals surface area contributed by atoms with Gasteiger partial charge in [-0.1, -0.05) is 0 Å². The number of hydrogen-bond acceptors (Lipinski definition) is 3. The molecule has 1 fully saturated rings. The van der Waals surface area contributed by atoms with Gasteiger partial charge in [0.2, 0.25) is 0 Å². The SMILES string of the molecule is CC1CC(C(=O)OC(C)(C)C)CO1. The molecule has 0 aromatic heterocycles. The van der Waals surface area contributed by atoms with Gasteiger partial charge in [-0.25, -0.2) is 0 Å². The molecule has 1 aliphatic heterocycles. The standard InChI is InChI=1S/C10H18O3/c1-7-5-8(6-12-7)9(11)13-10(2,3)4/h7-8H,5-6H2,1-4H3. The molecule has 1 heterocycles. The predicted octanol–water partition coefficient (Wildman–Crippen LogP) is 1.75. The second-order valence-electron chi connectivity index (χ2n) is 4.61. The van der Waals surface area contributed by atoms with Crippen LogP contribution in [0.25, 0.3) is 0 Å². The van der Waals surface area contributed by atoms with E-state index in [-0.39, 0.29) is 23.6 Å². The van der Waals surface area contributed by atoms with E-state index in [2.05, 4.69) is 0 Å². The number of ether oxygens (including phenoxy) is 2. The lowest BCUT2D eigenvalue weighted by atomic mass is 10.1. The quantitative estimate of drug-likeness (QED) is 0.585. The van der Waals surface area contributed by atoms with E-state index in [0.29, 0.717) is 6.61 Å². The van der Waals surface area contributed by atoms with Crippen LogP contribution < -0.4 is 0 Å². The van der Waals surface area contributed by atoms with E-state index in [4.69, 9.17) is 9.47 Å². The van der Waals surface area contributed by atoms with Crippen molar-refractivity contribution in [3.63, 3.8) is 0 Å². The van der Waals surface area contributed by atoms with Crippen LogP contribution in [-0.4, -0.2) is 24.3 Å². The Hall–Kier alpha value is -0.570. The normalized spacial score (nSPS) is 28.9. The molecule has 13 heavy (non-hydrogen) atoms. The molecule has 0 bridgehead atoms. The molecule has 0 spiro atoms. The fourth-order valence-corrected chi connectivity index (χ4v) is 1.37. The molecule has 76 valence electrons. The molecule has 0 aromatic rings. The first-order chi connectivity index (χ1) is 5.88. The number of carbonyl (C=O) groups excluding carboxylic acids is 1. The van der Waals surface area contributed by atoms with Crippen LogP contribution in [0.2, 0.25) is 0 Å². The van der Waals surface area contributed by atoms with Crippen molar-refractivity contribution in [2.45, 2.75) is 45.8 Å². The summed E-state index contributed by atoms with van der Waals surface area (Å²) in [5.74, 6) is -0.189. The molecular formula is C10H18O3. The summed E-state index contributed by atoms with van der Waals surface area (Å²) in [7, 11) is 0. The summed E-state index contributed by atoms with van der Waals surface area (Å²) in [4.78, 5) is 11.5. The fraction of sp³-hybridized carbons (Fsp3) is 0.900. The van der Waals surface area contributed by atoms with Crippen molar-refractivity contribution in [2.75, 3.05) is 6.61 Å². The lowest BCUT2D eigenvalue weighted by molar-refractivity contribution is -0.159. The molecule has 1 rings (SSSR count). The zero-order valence-electron chi connectivity index (χ0n) is 8.79. The minimum atomic E-state index is -0.386. The Morgan fingerprint density at radius 1 is 1.46 bits per heavy atom. The van der Waals surface area contributed by atoms with Gasteiger partial charge in [0.05, 0.1) is 18.6 Å². The molecule has 1 saturated heterocycles. The van der Waals surface area contributed by atoms with Crippen LogP contribution in [0, 0.1) is 5.92 Å². The summed E-state index contributed by atoms with van der Waals surface area (Å²) < 4.78 is 10.6. The van der Waals surface area contributed by atoms with Gasteiger partial charge in [0, 0.05) is 0 Å². The molecular weight excluding hydrogens is 168 g/mol. The van der Waals surface area contributed by atoms with E-state index < -0.39 is 0 Å². The number of esters is 1. The van der Waals surface area contributed by atoms with Crippen molar-refractivity contribution in [1.29, 1.82) is 0 Å². The Morgan fingerprint density at radius 3 is 2.46 bits per heavy atom. The zero-order valence-corrected chi connectivity index (χ0v) is 8.79. The van der Waals surface area contributed by atoms with Gasteiger partial charge in [-0.3, -0.25) is 4.79 Å². The molecule has 0 amide bonds. The highest BCUT2D eigenvalue weighted by Crippen LogP contribution is 2.22. The molecule has 0 saturated carbocycles. The van der Waals surface area contributed by atoms with Gasteiger partial charge in [-0.15, -0.1) is 0 Å². The molecule has 0 N–H and O–H groups in total. The van der Waals surface area contributed by atoms with Gasteiger partial charge >= 0.3 is 5.97 Å². The summed E-state index contributed by atoms with van der Waals surface area (Å²) in [5, 5.41) is 0. The molecule has 3 nitrogen and oxygen atoms in total. The zero-order chi connectivity index (χ0) is 10.1. The molecule has 0 radical (unpaired) electrons. The second-order valence-corrected chi connectivity index (χ2v) is 4.61. The highest BCUT2D eigenvalue weighted by Gasteiger charge is 2.31. The van der Waals surface area contributed by atoms with Crippen molar-refractivity contribution >= 4 is 5.97 Å². The van der Waals surface area contributed by atoms with Gasteiger partial charge in [-0.05, 0) is 34.1 Å². The molecule has 0 aromatic carbocycles. The molecule has 0 aliphatic carbocycles. The average Bonchev–Trinajstić information content (AvgIpc) is 2.31. The van der Waals surface area contributed by atoms with Gasteiger partial charge < -0.3 is 9.47 Å². The minimum Gasteiger partial charge on any atom is -0.460 e. The highest BCUT2D eigenvalue weighted by atomic mass is 16.6. The summed E-state index contributed by atoms with van der Waals surface area (Å²) in [6, 6.07) is 0.